The second-order valence-corrected chi connectivity index (χ2v) is 12.6. The first-order valence-corrected chi connectivity index (χ1v) is 17.5. The minimum absolute atomic E-state index is 0.592. The summed E-state index contributed by atoms with van der Waals surface area (Å²) < 4.78 is 0. The minimum atomic E-state index is -0.592. The largest absolute Gasteiger partial charge is 0.256 e. The van der Waals surface area contributed by atoms with Gasteiger partial charge in [-0.05, 0) is 64.6 Å². The zero-order valence-corrected chi connectivity index (χ0v) is 28.9. The zero-order valence-electron chi connectivity index (χ0n) is 28.9. The standard InChI is InChI=1S/C45H30N4.C3H6/c1-5-17-31(18-6-1)42-47-43(32-19-7-2-8-20-32)49-44(48-42)37-29-33(40-27-15-16-28-46-40)30-39-41(37)36-25-13-14-26-38(36)45(39,34-21-9-3-10-22-34)35-23-11-4-12-24-35;1-3-2/h1-30H;3H,1H2,2H3. The third-order valence-corrected chi connectivity index (χ3v) is 9.46. The van der Waals surface area contributed by atoms with Crippen LogP contribution in [0.25, 0.3) is 56.5 Å². The minimum Gasteiger partial charge on any atom is -0.256 e. The third-order valence-electron chi connectivity index (χ3n) is 9.46. The maximum Gasteiger partial charge on any atom is 0.164 e. The summed E-state index contributed by atoms with van der Waals surface area (Å²) in [4.78, 5) is 20.3. The quantitative estimate of drug-likeness (QED) is 0.166. The van der Waals surface area contributed by atoms with Gasteiger partial charge in [0.15, 0.2) is 17.5 Å². The van der Waals surface area contributed by atoms with Crippen LogP contribution in [0.4, 0.5) is 0 Å². The Kier molecular flexibility index (Phi) is 8.87. The second kappa shape index (κ2) is 14.2. The maximum absolute atomic E-state index is 5.24. The van der Waals surface area contributed by atoms with Gasteiger partial charge in [-0.3, -0.25) is 4.98 Å². The molecule has 0 bridgehead atoms. The lowest BCUT2D eigenvalue weighted by Gasteiger charge is -2.34. The first kappa shape index (κ1) is 32.4. The molecule has 1 aliphatic rings. The fourth-order valence-corrected chi connectivity index (χ4v) is 7.35. The van der Waals surface area contributed by atoms with Crippen LogP contribution in [-0.2, 0) is 5.41 Å². The molecule has 0 spiro atoms. The van der Waals surface area contributed by atoms with Crippen LogP contribution in [0.2, 0.25) is 0 Å². The van der Waals surface area contributed by atoms with Crippen molar-refractivity contribution in [3.8, 4) is 56.5 Å². The van der Waals surface area contributed by atoms with Gasteiger partial charge in [-0.25, -0.2) is 15.0 Å². The Morgan fingerprint density at radius 2 is 0.942 bits per heavy atom. The van der Waals surface area contributed by atoms with Crippen molar-refractivity contribution >= 4 is 0 Å². The molecule has 0 atom stereocenters. The molecule has 0 N–H and O–H groups in total. The van der Waals surface area contributed by atoms with Crippen molar-refractivity contribution < 1.29 is 0 Å². The predicted octanol–water partition coefficient (Wildman–Crippen LogP) is 11.5. The highest BCUT2D eigenvalue weighted by Crippen LogP contribution is 2.58. The first-order chi connectivity index (χ1) is 25.7. The van der Waals surface area contributed by atoms with Gasteiger partial charge in [-0.2, -0.15) is 0 Å². The molecule has 0 amide bonds. The molecule has 4 heteroatoms. The third kappa shape index (κ3) is 5.70. The Morgan fingerprint density at radius 1 is 0.462 bits per heavy atom. The number of allylic oxidation sites excluding steroid dienone is 1. The fourth-order valence-electron chi connectivity index (χ4n) is 7.35. The van der Waals surface area contributed by atoms with Crippen molar-refractivity contribution in [1.29, 1.82) is 0 Å². The molecule has 0 radical (unpaired) electrons. The molecule has 0 saturated carbocycles. The summed E-state index contributed by atoms with van der Waals surface area (Å²) in [5.41, 5.74) is 11.2. The molecule has 2 aromatic heterocycles. The van der Waals surface area contributed by atoms with Crippen molar-refractivity contribution in [3.63, 3.8) is 0 Å². The number of rotatable bonds is 6. The molecule has 9 rings (SSSR count). The Bertz CT molecular complexity index is 2370. The number of benzene rings is 6. The molecule has 52 heavy (non-hydrogen) atoms. The van der Waals surface area contributed by atoms with Crippen molar-refractivity contribution in [2.24, 2.45) is 0 Å². The average Bonchev–Trinajstić information content (AvgIpc) is 3.53. The van der Waals surface area contributed by atoms with Crippen LogP contribution in [0.5, 0.6) is 0 Å². The average molecular weight is 669 g/mol. The number of aromatic nitrogens is 4. The van der Waals surface area contributed by atoms with E-state index in [0.29, 0.717) is 17.5 Å². The van der Waals surface area contributed by atoms with E-state index >= 15 is 0 Å². The summed E-state index contributed by atoms with van der Waals surface area (Å²) in [5, 5.41) is 0. The SMILES string of the molecule is C=CC.c1ccc(-c2nc(-c3ccccc3)nc(-c3cc(-c4ccccn4)cc4c3-c3ccccc3C4(c3ccccc3)c3ccccc3)n2)cc1. The summed E-state index contributed by atoms with van der Waals surface area (Å²) in [5.74, 6) is 1.88. The van der Waals surface area contributed by atoms with Gasteiger partial charge in [-0.1, -0.05) is 158 Å². The normalized spacial score (nSPS) is 12.2. The molecule has 0 fully saturated rings. The Balaban J connectivity index is 0.00000125. The number of pyridine rings is 1. The second-order valence-electron chi connectivity index (χ2n) is 12.6. The van der Waals surface area contributed by atoms with E-state index in [1.807, 2.05) is 85.9 Å². The van der Waals surface area contributed by atoms with E-state index in [0.717, 1.165) is 39.1 Å². The molecule has 0 unspecified atom stereocenters. The van der Waals surface area contributed by atoms with E-state index in [2.05, 4.69) is 110 Å². The molecule has 8 aromatic rings. The molecule has 1 aliphatic carbocycles. The molecule has 248 valence electrons. The smallest absolute Gasteiger partial charge is 0.164 e. The summed E-state index contributed by atoms with van der Waals surface area (Å²) in [6.45, 7) is 5.25. The monoisotopic (exact) mass is 668 g/mol. The van der Waals surface area contributed by atoms with Gasteiger partial charge in [0.1, 0.15) is 0 Å². The number of hydrogen-bond acceptors (Lipinski definition) is 4. The van der Waals surface area contributed by atoms with Crippen molar-refractivity contribution in [1.82, 2.24) is 19.9 Å². The molecule has 4 nitrogen and oxygen atoms in total. The van der Waals surface area contributed by atoms with E-state index in [1.165, 1.54) is 22.3 Å². The molecular formula is C48H36N4. The van der Waals surface area contributed by atoms with Crippen molar-refractivity contribution in [2.75, 3.05) is 0 Å². The molecule has 0 aliphatic heterocycles. The highest BCUT2D eigenvalue weighted by atomic mass is 15.0. The lowest BCUT2D eigenvalue weighted by Crippen LogP contribution is -2.28. The van der Waals surface area contributed by atoms with Gasteiger partial charge in [-0.15, -0.1) is 6.58 Å². The predicted molar refractivity (Wildman–Crippen MR) is 213 cm³/mol. The Morgan fingerprint density at radius 3 is 1.48 bits per heavy atom. The highest BCUT2D eigenvalue weighted by molar-refractivity contribution is 5.96. The van der Waals surface area contributed by atoms with Crippen LogP contribution in [0.1, 0.15) is 29.2 Å². The Hall–Kier alpha value is -6.78. The molecule has 6 aromatic carbocycles. The van der Waals surface area contributed by atoms with E-state index < -0.39 is 5.41 Å². The summed E-state index contributed by atoms with van der Waals surface area (Å²) in [6, 6.07) is 61.4. The maximum atomic E-state index is 5.24. The van der Waals surface area contributed by atoms with Gasteiger partial charge < -0.3 is 0 Å². The topological polar surface area (TPSA) is 51.6 Å². The molecule has 0 saturated heterocycles. The highest BCUT2D eigenvalue weighted by Gasteiger charge is 2.47. The van der Waals surface area contributed by atoms with Crippen molar-refractivity contribution in [2.45, 2.75) is 12.3 Å². The van der Waals surface area contributed by atoms with Crippen LogP contribution in [0, 0.1) is 0 Å². The van der Waals surface area contributed by atoms with E-state index in [1.54, 1.807) is 6.08 Å². The van der Waals surface area contributed by atoms with E-state index in [-0.39, 0.29) is 0 Å². The summed E-state index contributed by atoms with van der Waals surface area (Å²) in [7, 11) is 0. The lowest BCUT2D eigenvalue weighted by atomic mass is 9.67. The fraction of sp³-hybridized carbons (Fsp3) is 0.0417. The van der Waals surface area contributed by atoms with Gasteiger partial charge in [0.2, 0.25) is 0 Å². The number of hydrogen-bond donors (Lipinski definition) is 0. The van der Waals surface area contributed by atoms with Gasteiger partial charge >= 0.3 is 0 Å². The number of fused-ring (bicyclic) bond motifs is 3. The summed E-state index contributed by atoms with van der Waals surface area (Å²) >= 11 is 0. The van der Waals surface area contributed by atoms with Crippen LogP contribution < -0.4 is 0 Å². The van der Waals surface area contributed by atoms with Crippen LogP contribution >= 0.6 is 0 Å². The first-order valence-electron chi connectivity index (χ1n) is 17.5. The lowest BCUT2D eigenvalue weighted by molar-refractivity contribution is 0.768. The van der Waals surface area contributed by atoms with Crippen LogP contribution in [0.3, 0.4) is 0 Å². The van der Waals surface area contributed by atoms with Crippen LogP contribution in [-0.4, -0.2) is 19.9 Å². The Labute approximate surface area is 304 Å². The van der Waals surface area contributed by atoms with Crippen LogP contribution in [0.15, 0.2) is 195 Å². The van der Waals surface area contributed by atoms with Gasteiger partial charge in [0, 0.05) is 28.5 Å². The summed E-state index contributed by atoms with van der Waals surface area (Å²) in [6.07, 6.45) is 3.60. The molecule has 2 heterocycles. The van der Waals surface area contributed by atoms with E-state index in [9.17, 15) is 0 Å². The van der Waals surface area contributed by atoms with Gasteiger partial charge in [0.25, 0.3) is 0 Å². The van der Waals surface area contributed by atoms with E-state index in [4.69, 9.17) is 19.9 Å². The zero-order chi connectivity index (χ0) is 35.3. The van der Waals surface area contributed by atoms with Crippen molar-refractivity contribution in [3.05, 3.63) is 217 Å². The number of nitrogens with zero attached hydrogens (tertiary/aromatic N) is 4. The molecular weight excluding hydrogens is 633 g/mol. The van der Waals surface area contributed by atoms with Gasteiger partial charge in [0.05, 0.1) is 11.1 Å².